The second-order valence-electron chi connectivity index (χ2n) is 20.8. The summed E-state index contributed by atoms with van der Waals surface area (Å²) in [5.41, 5.74) is 6.78. The quantitative estimate of drug-likeness (QED) is 0.148. The van der Waals surface area contributed by atoms with Crippen molar-refractivity contribution in [1.29, 1.82) is 0 Å². The molecule has 9 rings (SSSR count). The van der Waals surface area contributed by atoms with Gasteiger partial charge in [-0.2, -0.15) is 0 Å². The Bertz CT molecular complexity index is 2630. The number of benzene rings is 3. The van der Waals surface area contributed by atoms with Gasteiger partial charge in [-0.1, -0.05) is 39.0 Å². The average Bonchev–Trinajstić information content (AvgIpc) is 4.11. The van der Waals surface area contributed by atoms with Crippen LogP contribution in [0.25, 0.3) is 33.2 Å². The molecule has 0 aliphatic carbocycles. The van der Waals surface area contributed by atoms with Crippen molar-refractivity contribution in [3.05, 3.63) is 65.6 Å². The number of alkyl carbamates (subject to hydrolysis) is 2. The van der Waals surface area contributed by atoms with E-state index in [1.807, 2.05) is 57.5 Å². The van der Waals surface area contributed by atoms with Crippen molar-refractivity contribution in [2.24, 2.45) is 16.3 Å². The number of nitrogens with zero attached hydrogens (tertiary/aromatic N) is 4. The third-order valence-electron chi connectivity index (χ3n) is 14.7. The van der Waals surface area contributed by atoms with E-state index < -0.39 is 35.3 Å². The van der Waals surface area contributed by atoms with Crippen molar-refractivity contribution in [3.63, 3.8) is 0 Å². The Hall–Kier alpha value is -5.96. The summed E-state index contributed by atoms with van der Waals surface area (Å²) in [6.07, 6.45) is 5.72. The van der Waals surface area contributed by atoms with Gasteiger partial charge in [-0.05, 0) is 136 Å². The number of hydrogen-bond donors (Lipinski definition) is 3. The van der Waals surface area contributed by atoms with E-state index in [9.17, 15) is 19.2 Å². The molecule has 3 aromatic carbocycles. The highest BCUT2D eigenvalue weighted by atomic mass is 16.6. The maximum atomic E-state index is 14.9. The molecule has 4 amide bonds. The molecular weight excluding hydrogens is 851 g/mol. The van der Waals surface area contributed by atoms with Crippen LogP contribution in [0.3, 0.4) is 0 Å². The molecule has 1 aromatic heterocycles. The van der Waals surface area contributed by atoms with E-state index in [-0.39, 0.29) is 41.9 Å². The fourth-order valence-electron chi connectivity index (χ4n) is 10.9. The Balaban J connectivity index is 0.935. The molecule has 3 saturated heterocycles. The molecule has 5 aliphatic rings. The summed E-state index contributed by atoms with van der Waals surface area (Å²) in [7, 11) is 1.30. The van der Waals surface area contributed by atoms with Crippen LogP contribution < -0.4 is 15.4 Å². The van der Waals surface area contributed by atoms with Gasteiger partial charge in [0.05, 0.1) is 36.8 Å². The number of aromatic amines is 1. The molecule has 0 bridgehead atoms. The summed E-state index contributed by atoms with van der Waals surface area (Å²) >= 11 is 0. The minimum Gasteiger partial charge on any atom is -0.488 e. The number of fused-ring (bicyclic) bond motifs is 6. The normalized spacial score (nSPS) is 22.9. The number of likely N-dealkylation sites (tertiary alicyclic amines) is 2. The summed E-state index contributed by atoms with van der Waals surface area (Å²) < 4.78 is 22.7. The fourth-order valence-corrected chi connectivity index (χ4v) is 10.9. The lowest BCUT2D eigenvalue weighted by Crippen LogP contribution is -2.60. The molecule has 67 heavy (non-hydrogen) atoms. The van der Waals surface area contributed by atoms with Crippen molar-refractivity contribution in [2.75, 3.05) is 20.3 Å². The number of aromatic nitrogens is 2. The highest BCUT2D eigenvalue weighted by Crippen LogP contribution is 2.46. The summed E-state index contributed by atoms with van der Waals surface area (Å²) in [5, 5.41) is 7.92. The minimum atomic E-state index is -0.773. The van der Waals surface area contributed by atoms with Crippen molar-refractivity contribution >= 4 is 46.2 Å². The lowest BCUT2D eigenvalue weighted by Gasteiger charge is -2.43. The first-order valence-corrected chi connectivity index (χ1v) is 24.0. The number of aliphatic imine (C=N–C) groups is 1. The maximum absolute atomic E-state index is 14.9. The summed E-state index contributed by atoms with van der Waals surface area (Å²) in [5.74, 6) is 1.15. The molecule has 4 aromatic rings. The molecule has 0 unspecified atom stereocenters. The SMILES string of the molecule is COC(=O)N[C@H](C(=O)N1[C@@H](C)CC[C@H]1c1ncc(-c2ccc3c(c2)COc2cc4c5c(ccc4cc2-3)N=C([C@@H]2CC[C@H](C)N2C(=O)[C@@H](NC(=O)OC(C)(C)C)C2(C)CCOCC2)C5)[nH]1)C(C)C. The second-order valence-corrected chi connectivity index (χ2v) is 20.8. The van der Waals surface area contributed by atoms with Crippen LogP contribution in [0.5, 0.6) is 5.75 Å². The third-order valence-corrected chi connectivity index (χ3v) is 14.7. The summed E-state index contributed by atoms with van der Waals surface area (Å²) in [6.45, 7) is 16.9. The van der Waals surface area contributed by atoms with Crippen LogP contribution in [0.15, 0.2) is 53.7 Å². The van der Waals surface area contributed by atoms with Crippen LogP contribution in [-0.4, -0.2) is 106 Å². The molecule has 0 saturated carbocycles. The molecule has 5 aliphatic heterocycles. The molecule has 0 radical (unpaired) electrons. The lowest BCUT2D eigenvalue weighted by molar-refractivity contribution is -0.140. The topological polar surface area (TPSA) is 177 Å². The first-order valence-electron chi connectivity index (χ1n) is 24.0. The highest BCUT2D eigenvalue weighted by Gasteiger charge is 2.49. The molecule has 6 heterocycles. The molecule has 15 nitrogen and oxygen atoms in total. The zero-order valence-corrected chi connectivity index (χ0v) is 40.3. The Morgan fingerprint density at radius 1 is 0.881 bits per heavy atom. The number of carbonyl (C=O) groups excluding carboxylic acids is 4. The van der Waals surface area contributed by atoms with Crippen molar-refractivity contribution in [2.45, 2.75) is 149 Å². The summed E-state index contributed by atoms with van der Waals surface area (Å²) in [4.78, 5) is 71.5. The lowest BCUT2D eigenvalue weighted by atomic mass is 9.74. The van der Waals surface area contributed by atoms with Crippen LogP contribution in [0.1, 0.15) is 117 Å². The van der Waals surface area contributed by atoms with Gasteiger partial charge in [0.2, 0.25) is 11.8 Å². The van der Waals surface area contributed by atoms with Gasteiger partial charge in [-0.15, -0.1) is 0 Å². The number of hydrogen-bond acceptors (Lipinski definition) is 10. The van der Waals surface area contributed by atoms with Gasteiger partial charge in [-0.3, -0.25) is 14.6 Å². The van der Waals surface area contributed by atoms with Gasteiger partial charge in [0.25, 0.3) is 0 Å². The number of ether oxygens (including phenoxy) is 4. The van der Waals surface area contributed by atoms with E-state index in [1.54, 1.807) is 0 Å². The number of rotatable bonds is 9. The first kappa shape index (κ1) is 46.2. The molecule has 356 valence electrons. The maximum Gasteiger partial charge on any atom is 0.408 e. The van der Waals surface area contributed by atoms with Crippen molar-refractivity contribution in [1.82, 2.24) is 30.4 Å². The number of nitrogens with one attached hydrogen (secondary N) is 3. The van der Waals surface area contributed by atoms with Gasteiger partial charge < -0.3 is 44.4 Å². The second kappa shape index (κ2) is 17.9. The predicted octanol–water partition coefficient (Wildman–Crippen LogP) is 8.94. The van der Waals surface area contributed by atoms with Gasteiger partial charge in [0.1, 0.15) is 35.9 Å². The zero-order valence-electron chi connectivity index (χ0n) is 40.3. The molecule has 0 spiro atoms. The van der Waals surface area contributed by atoms with Gasteiger partial charge in [0.15, 0.2) is 0 Å². The van der Waals surface area contributed by atoms with Gasteiger partial charge >= 0.3 is 12.2 Å². The molecular formula is C52H65N7O8. The van der Waals surface area contributed by atoms with Crippen LogP contribution in [0.2, 0.25) is 0 Å². The molecule has 3 fully saturated rings. The Morgan fingerprint density at radius 3 is 2.30 bits per heavy atom. The third kappa shape index (κ3) is 8.87. The van der Waals surface area contributed by atoms with Crippen molar-refractivity contribution in [3.8, 4) is 28.1 Å². The van der Waals surface area contributed by atoms with E-state index in [0.29, 0.717) is 44.9 Å². The Labute approximate surface area is 392 Å². The van der Waals surface area contributed by atoms with E-state index in [0.717, 1.165) is 87.1 Å². The summed E-state index contributed by atoms with van der Waals surface area (Å²) in [6, 6.07) is 12.9. The van der Waals surface area contributed by atoms with E-state index in [1.165, 1.54) is 7.11 Å². The largest absolute Gasteiger partial charge is 0.488 e. The Kier molecular flexibility index (Phi) is 12.4. The monoisotopic (exact) mass is 915 g/mol. The average molecular weight is 916 g/mol. The zero-order chi connectivity index (χ0) is 47.5. The number of carbonyl (C=O) groups is 4. The highest BCUT2D eigenvalue weighted by molar-refractivity contribution is 6.07. The van der Waals surface area contributed by atoms with E-state index in [4.69, 9.17) is 28.9 Å². The van der Waals surface area contributed by atoms with E-state index in [2.05, 4.69) is 71.9 Å². The van der Waals surface area contributed by atoms with Crippen LogP contribution in [0.4, 0.5) is 15.3 Å². The minimum absolute atomic E-state index is 0.0167. The number of amides is 4. The van der Waals surface area contributed by atoms with E-state index >= 15 is 0 Å². The van der Waals surface area contributed by atoms with Crippen LogP contribution in [-0.2, 0) is 36.8 Å². The number of H-pyrrole nitrogens is 1. The number of methoxy groups -OCH3 is 1. The first-order chi connectivity index (χ1) is 31.9. The fraction of sp³-hybridized carbons (Fsp3) is 0.538. The van der Waals surface area contributed by atoms with Crippen LogP contribution in [0, 0.1) is 11.3 Å². The number of imidazole rings is 1. The molecule has 3 N–H and O–H groups in total. The standard InChI is InChI=1S/C52H65N7O8/c1-28(2)44(56-49(62)64-9)47(60)59-30(4)11-17-42(59)46-53-26-40(55-46)32-12-14-34-33(22-32)27-66-43-25-35-31(23-37(34)43)13-15-38-36(35)24-39(54-38)41-16-10-29(3)58(41)48(61)45(52(8)18-20-65-21-19-52)57-50(63)67-51(5,6)7/h12-15,22-23,25-26,28-30,41-42,44-45H,10-11,16-21,24,27H2,1-9H3,(H,53,55)(H,56,62)(H,57,63)/t29-,30-,41-,42-,44-,45+/m0/s1. The van der Waals surface area contributed by atoms with Crippen molar-refractivity contribution < 1.29 is 38.1 Å². The predicted molar refractivity (Wildman–Crippen MR) is 255 cm³/mol. The Morgan fingerprint density at radius 2 is 1.60 bits per heavy atom. The van der Waals surface area contributed by atoms with Crippen LogP contribution >= 0.6 is 0 Å². The van der Waals surface area contributed by atoms with Gasteiger partial charge in [0, 0.05) is 48.4 Å². The van der Waals surface area contributed by atoms with Gasteiger partial charge in [-0.25, -0.2) is 14.6 Å². The smallest absolute Gasteiger partial charge is 0.408 e. The molecule has 15 heteroatoms. The molecule has 6 atom stereocenters.